The van der Waals surface area contributed by atoms with E-state index in [0.29, 0.717) is 11.3 Å². The van der Waals surface area contributed by atoms with Crippen molar-refractivity contribution in [2.75, 3.05) is 0 Å². The van der Waals surface area contributed by atoms with E-state index in [9.17, 15) is 0 Å². The van der Waals surface area contributed by atoms with E-state index in [-0.39, 0.29) is 0 Å². The van der Waals surface area contributed by atoms with Gasteiger partial charge >= 0.3 is 0 Å². The highest BCUT2D eigenvalue weighted by Crippen LogP contribution is 2.42. The number of benzene rings is 1. The largest absolute Gasteiger partial charge is 0.0952 e. The second kappa shape index (κ2) is 13.6. The van der Waals surface area contributed by atoms with Crippen molar-refractivity contribution in [1.82, 2.24) is 0 Å². The van der Waals surface area contributed by atoms with Crippen LogP contribution >= 0.6 is 0 Å². The Balaban J connectivity index is 0.000000906. The maximum Gasteiger partial charge on any atom is -0.0147 e. The molecule has 0 nitrogen and oxygen atoms in total. The fourth-order valence-electron chi connectivity index (χ4n) is 4.06. The van der Waals surface area contributed by atoms with Crippen molar-refractivity contribution in [2.24, 2.45) is 11.3 Å². The van der Waals surface area contributed by atoms with E-state index >= 15 is 0 Å². The molecule has 0 spiro atoms. The summed E-state index contributed by atoms with van der Waals surface area (Å²) in [5.74, 6) is 0.581. The van der Waals surface area contributed by atoms with Gasteiger partial charge in [0.05, 0.1) is 0 Å². The predicted octanol–water partition coefficient (Wildman–Crippen LogP) is 9.56. The van der Waals surface area contributed by atoms with Gasteiger partial charge in [0.2, 0.25) is 0 Å². The number of allylic oxidation sites excluding steroid dienone is 5. The Bertz CT molecular complexity index is 638. The number of unbranched alkanes of at least 4 members (excludes halogenated alkanes) is 2. The Morgan fingerprint density at radius 2 is 1.68 bits per heavy atom. The van der Waals surface area contributed by atoms with Crippen LogP contribution in [0.3, 0.4) is 0 Å². The van der Waals surface area contributed by atoms with Gasteiger partial charge in [0.1, 0.15) is 0 Å². The van der Waals surface area contributed by atoms with Gasteiger partial charge in [-0.25, -0.2) is 0 Å². The summed E-state index contributed by atoms with van der Waals surface area (Å²) in [6.45, 7) is 24.2. The standard InChI is InChI=1S/C21H28.C5H12.C2H6/c1-7-18-17(4)14-21(5,6)13-15(2)12-20(18)19-11-9-8-10-16(19)3;1-3-5-4-2;1-2/h7-12,15H,4,13-14H2,1-3,5-6H3;3-5H2,1-2H3;1-2H3/b18-7-,20-12+;;. The monoisotopic (exact) mass is 382 g/mol. The first-order valence-electron chi connectivity index (χ1n) is 11.4. The molecule has 0 aromatic heterocycles. The molecule has 158 valence electrons. The third-order valence-electron chi connectivity index (χ3n) is 5.12. The highest BCUT2D eigenvalue weighted by atomic mass is 14.3. The second-order valence-corrected chi connectivity index (χ2v) is 8.58. The van der Waals surface area contributed by atoms with Crippen LogP contribution in [0.25, 0.3) is 5.57 Å². The zero-order valence-corrected chi connectivity index (χ0v) is 20.3. The van der Waals surface area contributed by atoms with Gasteiger partial charge < -0.3 is 0 Å². The number of hydrogen-bond donors (Lipinski definition) is 0. The molecule has 0 heteroatoms. The summed E-state index contributed by atoms with van der Waals surface area (Å²) in [6.07, 6.45) is 11.0. The van der Waals surface area contributed by atoms with Crippen molar-refractivity contribution in [3.8, 4) is 0 Å². The van der Waals surface area contributed by atoms with E-state index in [4.69, 9.17) is 0 Å². The molecule has 1 aliphatic rings. The first kappa shape index (κ1) is 26.4. The molecule has 0 saturated heterocycles. The van der Waals surface area contributed by atoms with Gasteiger partial charge in [-0.15, -0.1) is 0 Å². The van der Waals surface area contributed by atoms with Crippen LogP contribution in [0.5, 0.6) is 0 Å². The molecule has 1 aromatic rings. The summed E-state index contributed by atoms with van der Waals surface area (Å²) < 4.78 is 0. The zero-order valence-electron chi connectivity index (χ0n) is 20.3. The Morgan fingerprint density at radius 3 is 2.14 bits per heavy atom. The number of aryl methyl sites for hydroxylation is 1. The van der Waals surface area contributed by atoms with Crippen molar-refractivity contribution in [3.05, 3.63) is 65.3 Å². The smallest absolute Gasteiger partial charge is 0.0147 e. The van der Waals surface area contributed by atoms with Gasteiger partial charge in [0, 0.05) is 0 Å². The van der Waals surface area contributed by atoms with Crippen LogP contribution in [-0.2, 0) is 0 Å². The van der Waals surface area contributed by atoms with Crippen molar-refractivity contribution in [2.45, 2.75) is 94.4 Å². The van der Waals surface area contributed by atoms with Crippen molar-refractivity contribution >= 4 is 5.57 Å². The average Bonchev–Trinajstić information content (AvgIpc) is 2.63. The molecule has 1 aliphatic carbocycles. The van der Waals surface area contributed by atoms with Crippen LogP contribution in [0.2, 0.25) is 0 Å². The lowest BCUT2D eigenvalue weighted by Crippen LogP contribution is -2.19. The Morgan fingerprint density at radius 1 is 1.11 bits per heavy atom. The molecule has 0 aliphatic heterocycles. The lowest BCUT2D eigenvalue weighted by Gasteiger charge is -2.32. The van der Waals surface area contributed by atoms with Gasteiger partial charge in [-0.1, -0.05) is 111 Å². The third kappa shape index (κ3) is 8.63. The molecule has 0 bridgehead atoms. The fraction of sp³-hybridized carbons (Fsp3) is 0.571. The molecule has 1 atom stereocenters. The highest BCUT2D eigenvalue weighted by Gasteiger charge is 2.27. The fourth-order valence-corrected chi connectivity index (χ4v) is 4.06. The molecular weight excluding hydrogens is 336 g/mol. The van der Waals surface area contributed by atoms with Crippen molar-refractivity contribution < 1.29 is 0 Å². The summed E-state index contributed by atoms with van der Waals surface area (Å²) in [7, 11) is 0. The van der Waals surface area contributed by atoms with E-state index in [1.54, 1.807) is 0 Å². The van der Waals surface area contributed by atoms with Crippen molar-refractivity contribution in [1.29, 1.82) is 0 Å². The summed E-state index contributed by atoms with van der Waals surface area (Å²) in [5.41, 5.74) is 6.95. The van der Waals surface area contributed by atoms with E-state index in [0.717, 1.165) is 6.42 Å². The lowest BCUT2D eigenvalue weighted by atomic mass is 9.72. The summed E-state index contributed by atoms with van der Waals surface area (Å²) >= 11 is 0. The summed E-state index contributed by atoms with van der Waals surface area (Å²) in [4.78, 5) is 0. The molecule has 1 unspecified atom stereocenters. The topological polar surface area (TPSA) is 0 Å². The van der Waals surface area contributed by atoms with E-state index in [2.05, 4.69) is 91.5 Å². The molecule has 0 fully saturated rings. The molecule has 1 aromatic carbocycles. The summed E-state index contributed by atoms with van der Waals surface area (Å²) in [5, 5.41) is 0. The van der Waals surface area contributed by atoms with E-state index in [1.807, 2.05) is 13.8 Å². The van der Waals surface area contributed by atoms with Gasteiger partial charge in [0.25, 0.3) is 0 Å². The highest BCUT2D eigenvalue weighted by molar-refractivity contribution is 5.85. The Labute approximate surface area is 176 Å². The molecule has 0 saturated carbocycles. The zero-order chi connectivity index (χ0) is 21.7. The Kier molecular flexibility index (Phi) is 12.8. The minimum atomic E-state index is 0.318. The maximum atomic E-state index is 4.39. The van der Waals surface area contributed by atoms with Gasteiger partial charge in [-0.2, -0.15) is 0 Å². The van der Waals surface area contributed by atoms with Gasteiger partial charge in [0.15, 0.2) is 0 Å². The van der Waals surface area contributed by atoms with Crippen LogP contribution in [0, 0.1) is 18.3 Å². The molecule has 0 N–H and O–H groups in total. The molecule has 0 radical (unpaired) electrons. The molecular formula is C28H46. The quantitative estimate of drug-likeness (QED) is 0.488. The van der Waals surface area contributed by atoms with E-state index in [1.165, 1.54) is 53.5 Å². The molecule has 0 amide bonds. The SMILES string of the molecule is C=C1CC(C)(C)CC(C)/C=C(c2ccccc2C)\C1=C/C.CC.CCCCC. The molecule has 28 heavy (non-hydrogen) atoms. The van der Waals surface area contributed by atoms with Gasteiger partial charge in [-0.05, 0) is 65.9 Å². The first-order valence-corrected chi connectivity index (χ1v) is 11.4. The van der Waals surface area contributed by atoms with Crippen LogP contribution in [0.15, 0.2) is 54.1 Å². The van der Waals surface area contributed by atoms with E-state index < -0.39 is 0 Å². The maximum absolute atomic E-state index is 4.39. The van der Waals surface area contributed by atoms with Crippen LogP contribution in [0.4, 0.5) is 0 Å². The van der Waals surface area contributed by atoms with Gasteiger partial charge in [-0.3, -0.25) is 0 Å². The minimum absolute atomic E-state index is 0.318. The first-order chi connectivity index (χ1) is 13.3. The van der Waals surface area contributed by atoms with Crippen LogP contribution < -0.4 is 0 Å². The summed E-state index contributed by atoms with van der Waals surface area (Å²) in [6, 6.07) is 8.67. The minimum Gasteiger partial charge on any atom is -0.0952 e. The van der Waals surface area contributed by atoms with Crippen LogP contribution in [0.1, 0.15) is 98.6 Å². The Hall–Kier alpha value is -1.56. The normalized spacial score (nSPS) is 21.9. The van der Waals surface area contributed by atoms with Crippen LogP contribution in [-0.4, -0.2) is 0 Å². The molecule has 2 rings (SSSR count). The van der Waals surface area contributed by atoms with Crippen molar-refractivity contribution in [3.63, 3.8) is 0 Å². The predicted molar refractivity (Wildman–Crippen MR) is 131 cm³/mol. The average molecular weight is 383 g/mol. The number of rotatable bonds is 3. The number of hydrogen-bond acceptors (Lipinski definition) is 0. The molecule has 0 heterocycles. The second-order valence-electron chi connectivity index (χ2n) is 8.58. The lowest BCUT2D eigenvalue weighted by molar-refractivity contribution is 0.298. The third-order valence-corrected chi connectivity index (χ3v) is 5.12.